The first kappa shape index (κ1) is 21.3. The van der Waals surface area contributed by atoms with Gasteiger partial charge in [-0.05, 0) is 31.2 Å². The van der Waals surface area contributed by atoms with Crippen LogP contribution in [0.1, 0.15) is 12.6 Å². The minimum atomic E-state index is -0.998. The Balaban J connectivity index is 1.58. The van der Waals surface area contributed by atoms with Crippen LogP contribution in [0.3, 0.4) is 0 Å². The van der Waals surface area contributed by atoms with Gasteiger partial charge in [0.2, 0.25) is 0 Å². The van der Waals surface area contributed by atoms with Gasteiger partial charge in [0.05, 0.1) is 37.7 Å². The SMILES string of the molecule is COc1ccc(OC)c(NC(=O)[C@@H](C)OC(=O)Cc2csc(-c3ccccn3)n2)c1. The molecule has 1 atom stereocenters. The monoisotopic (exact) mass is 427 g/mol. The molecule has 2 aromatic heterocycles. The molecular formula is C21H21N3O5S. The lowest BCUT2D eigenvalue weighted by Gasteiger charge is -2.15. The number of rotatable bonds is 8. The predicted octanol–water partition coefficient (Wildman–Crippen LogP) is 3.34. The molecule has 0 radical (unpaired) electrons. The third-order valence-corrected chi connectivity index (χ3v) is 5.02. The molecule has 3 aromatic rings. The van der Waals surface area contributed by atoms with E-state index in [1.165, 1.54) is 32.5 Å². The quantitative estimate of drug-likeness (QED) is 0.551. The first-order valence-electron chi connectivity index (χ1n) is 9.08. The molecule has 30 heavy (non-hydrogen) atoms. The highest BCUT2D eigenvalue weighted by Crippen LogP contribution is 2.29. The van der Waals surface area contributed by atoms with Crippen molar-refractivity contribution >= 4 is 28.9 Å². The molecule has 156 valence electrons. The van der Waals surface area contributed by atoms with Crippen molar-refractivity contribution < 1.29 is 23.8 Å². The van der Waals surface area contributed by atoms with Crippen molar-refractivity contribution in [3.8, 4) is 22.2 Å². The number of anilines is 1. The zero-order valence-electron chi connectivity index (χ0n) is 16.7. The van der Waals surface area contributed by atoms with Crippen LogP contribution in [0.25, 0.3) is 10.7 Å². The maximum Gasteiger partial charge on any atom is 0.312 e. The van der Waals surface area contributed by atoms with E-state index in [2.05, 4.69) is 15.3 Å². The summed E-state index contributed by atoms with van der Waals surface area (Å²) in [6.07, 6.45) is 0.647. The number of aromatic nitrogens is 2. The zero-order chi connectivity index (χ0) is 21.5. The summed E-state index contributed by atoms with van der Waals surface area (Å²) in [5.74, 6) is -0.00864. The van der Waals surface area contributed by atoms with E-state index < -0.39 is 18.0 Å². The fraction of sp³-hybridized carbons (Fsp3) is 0.238. The number of esters is 1. The number of methoxy groups -OCH3 is 2. The van der Waals surface area contributed by atoms with Gasteiger partial charge in [0.1, 0.15) is 16.5 Å². The molecule has 1 N–H and O–H groups in total. The number of ether oxygens (including phenoxy) is 3. The third kappa shape index (κ3) is 5.32. The molecule has 0 aliphatic heterocycles. The number of carbonyl (C=O) groups is 2. The van der Waals surface area contributed by atoms with E-state index in [1.807, 2.05) is 18.2 Å². The van der Waals surface area contributed by atoms with Gasteiger partial charge in [-0.25, -0.2) is 4.98 Å². The summed E-state index contributed by atoms with van der Waals surface area (Å²) in [5, 5.41) is 5.18. The zero-order valence-corrected chi connectivity index (χ0v) is 17.6. The summed E-state index contributed by atoms with van der Waals surface area (Å²) in [7, 11) is 3.02. The van der Waals surface area contributed by atoms with Crippen LogP contribution in [-0.2, 0) is 20.7 Å². The molecular weight excluding hydrogens is 406 g/mol. The van der Waals surface area contributed by atoms with Crippen LogP contribution < -0.4 is 14.8 Å². The molecule has 8 nitrogen and oxygen atoms in total. The second-order valence-corrected chi connectivity index (χ2v) is 7.08. The Morgan fingerprint density at radius 3 is 2.70 bits per heavy atom. The van der Waals surface area contributed by atoms with Crippen molar-refractivity contribution in [1.82, 2.24) is 9.97 Å². The van der Waals surface area contributed by atoms with Gasteiger partial charge >= 0.3 is 5.97 Å². The van der Waals surface area contributed by atoms with Gasteiger partial charge in [0.25, 0.3) is 5.91 Å². The average Bonchev–Trinajstić information content (AvgIpc) is 3.22. The minimum absolute atomic E-state index is 0.0383. The lowest BCUT2D eigenvalue weighted by atomic mass is 10.2. The van der Waals surface area contributed by atoms with Crippen molar-refractivity contribution in [3.05, 3.63) is 53.7 Å². The van der Waals surface area contributed by atoms with E-state index in [4.69, 9.17) is 14.2 Å². The van der Waals surface area contributed by atoms with Crippen LogP contribution in [0.2, 0.25) is 0 Å². The second kappa shape index (κ2) is 9.84. The Morgan fingerprint density at radius 1 is 1.17 bits per heavy atom. The van der Waals surface area contributed by atoms with Crippen molar-refractivity contribution in [2.45, 2.75) is 19.4 Å². The van der Waals surface area contributed by atoms with E-state index in [-0.39, 0.29) is 6.42 Å². The summed E-state index contributed by atoms with van der Waals surface area (Å²) in [5.41, 5.74) is 1.72. The van der Waals surface area contributed by atoms with Crippen molar-refractivity contribution in [2.75, 3.05) is 19.5 Å². The van der Waals surface area contributed by atoms with Gasteiger partial charge in [-0.3, -0.25) is 14.6 Å². The molecule has 0 unspecified atom stereocenters. The van der Waals surface area contributed by atoms with E-state index in [0.29, 0.717) is 27.9 Å². The molecule has 0 spiro atoms. The molecule has 3 rings (SSSR count). The van der Waals surface area contributed by atoms with E-state index in [0.717, 1.165) is 5.69 Å². The predicted molar refractivity (Wildman–Crippen MR) is 113 cm³/mol. The minimum Gasteiger partial charge on any atom is -0.497 e. The highest BCUT2D eigenvalue weighted by molar-refractivity contribution is 7.13. The van der Waals surface area contributed by atoms with Gasteiger partial charge in [-0.15, -0.1) is 11.3 Å². The van der Waals surface area contributed by atoms with E-state index in [1.54, 1.807) is 29.8 Å². The van der Waals surface area contributed by atoms with Crippen molar-refractivity contribution in [3.63, 3.8) is 0 Å². The van der Waals surface area contributed by atoms with Gasteiger partial charge < -0.3 is 19.5 Å². The van der Waals surface area contributed by atoms with Gasteiger partial charge in [0, 0.05) is 17.6 Å². The Kier molecular flexibility index (Phi) is 6.97. The number of carbonyl (C=O) groups excluding carboxylic acids is 2. The van der Waals surface area contributed by atoms with Crippen molar-refractivity contribution in [2.24, 2.45) is 0 Å². The summed E-state index contributed by atoms with van der Waals surface area (Å²) in [4.78, 5) is 33.3. The number of amides is 1. The summed E-state index contributed by atoms with van der Waals surface area (Å²) >= 11 is 1.39. The summed E-state index contributed by atoms with van der Waals surface area (Å²) in [6, 6.07) is 10.6. The molecule has 0 fully saturated rings. The number of nitrogens with one attached hydrogen (secondary N) is 1. The molecule has 1 aromatic carbocycles. The van der Waals surface area contributed by atoms with Crippen LogP contribution in [0.15, 0.2) is 48.0 Å². The summed E-state index contributed by atoms with van der Waals surface area (Å²) < 4.78 is 15.7. The highest BCUT2D eigenvalue weighted by Gasteiger charge is 2.20. The maximum atomic E-state index is 12.5. The van der Waals surface area contributed by atoms with Gasteiger partial charge in [-0.1, -0.05) is 6.07 Å². The van der Waals surface area contributed by atoms with Gasteiger partial charge in [-0.2, -0.15) is 0 Å². The van der Waals surface area contributed by atoms with Crippen molar-refractivity contribution in [1.29, 1.82) is 0 Å². The fourth-order valence-electron chi connectivity index (χ4n) is 2.58. The molecule has 2 heterocycles. The Bertz CT molecular complexity index is 1020. The largest absolute Gasteiger partial charge is 0.497 e. The molecule has 0 aliphatic carbocycles. The number of hydrogen-bond acceptors (Lipinski definition) is 8. The Hall–Kier alpha value is -3.46. The lowest BCUT2D eigenvalue weighted by molar-refractivity contribution is -0.152. The Morgan fingerprint density at radius 2 is 2.00 bits per heavy atom. The number of pyridine rings is 1. The third-order valence-electron chi connectivity index (χ3n) is 4.10. The number of benzene rings is 1. The fourth-order valence-corrected chi connectivity index (χ4v) is 3.38. The highest BCUT2D eigenvalue weighted by atomic mass is 32.1. The van der Waals surface area contributed by atoms with Crippen LogP contribution in [0.4, 0.5) is 5.69 Å². The number of nitrogens with zero attached hydrogens (tertiary/aromatic N) is 2. The number of hydrogen-bond donors (Lipinski definition) is 1. The van der Waals surface area contributed by atoms with E-state index >= 15 is 0 Å². The first-order chi connectivity index (χ1) is 14.5. The van der Waals surface area contributed by atoms with Crippen LogP contribution >= 0.6 is 11.3 Å². The average molecular weight is 427 g/mol. The molecule has 0 saturated carbocycles. The lowest BCUT2D eigenvalue weighted by Crippen LogP contribution is -2.30. The van der Waals surface area contributed by atoms with Crippen LogP contribution in [0, 0.1) is 0 Å². The van der Waals surface area contributed by atoms with Gasteiger partial charge in [0.15, 0.2) is 6.10 Å². The second-order valence-electron chi connectivity index (χ2n) is 6.22. The molecule has 0 saturated heterocycles. The van der Waals surface area contributed by atoms with Crippen LogP contribution in [0.5, 0.6) is 11.5 Å². The summed E-state index contributed by atoms with van der Waals surface area (Å²) in [6.45, 7) is 1.50. The normalized spacial score (nSPS) is 11.4. The smallest absolute Gasteiger partial charge is 0.312 e. The number of thiazole rings is 1. The molecule has 0 aliphatic rings. The molecule has 0 bridgehead atoms. The van der Waals surface area contributed by atoms with Crippen LogP contribution in [-0.4, -0.2) is 42.2 Å². The van der Waals surface area contributed by atoms with E-state index in [9.17, 15) is 9.59 Å². The standard InChI is InChI=1S/C21H21N3O5S/c1-13(20(26)24-17-11-15(27-2)7-8-18(17)28-3)29-19(25)10-14-12-30-21(23-14)16-6-4-5-9-22-16/h4-9,11-13H,10H2,1-3H3,(H,24,26)/t13-/m1/s1. The first-order valence-corrected chi connectivity index (χ1v) is 9.96. The Labute approximate surface area is 177 Å². The topological polar surface area (TPSA) is 99.6 Å². The molecule has 9 heteroatoms. The molecule has 1 amide bonds. The maximum absolute atomic E-state index is 12.5.